The Labute approximate surface area is 80.5 Å². The fourth-order valence-corrected chi connectivity index (χ4v) is 2.30. The molecule has 76 valence electrons. The van der Waals surface area contributed by atoms with Crippen LogP contribution in [0.1, 0.15) is 34.1 Å². The van der Waals surface area contributed by atoms with E-state index in [4.69, 9.17) is 0 Å². The molecule has 1 aliphatic heterocycles. The molecule has 1 unspecified atom stereocenters. The Hall–Kier alpha value is -0.570. The van der Waals surface area contributed by atoms with E-state index < -0.39 is 0 Å². The average molecular weight is 184 g/mol. The van der Waals surface area contributed by atoms with Gasteiger partial charge < -0.3 is 5.32 Å². The largest absolute Gasteiger partial charge is 0.336 e. The molecule has 0 saturated carbocycles. The van der Waals surface area contributed by atoms with Gasteiger partial charge in [0, 0.05) is 0 Å². The van der Waals surface area contributed by atoms with Gasteiger partial charge in [-0.3, -0.25) is 9.69 Å². The number of hydrogen-bond acceptors (Lipinski definition) is 2. The molecule has 0 aromatic rings. The molecule has 1 fully saturated rings. The Bertz CT molecular complexity index is 203. The highest BCUT2D eigenvalue weighted by atomic mass is 16.2. The molecule has 3 heteroatoms. The van der Waals surface area contributed by atoms with Crippen molar-refractivity contribution in [2.45, 2.75) is 39.8 Å². The van der Waals surface area contributed by atoms with Crippen molar-refractivity contribution < 1.29 is 4.79 Å². The van der Waals surface area contributed by atoms with E-state index in [9.17, 15) is 4.79 Å². The first-order valence-electron chi connectivity index (χ1n) is 5.12. The van der Waals surface area contributed by atoms with E-state index in [1.807, 2.05) is 0 Å². The van der Waals surface area contributed by atoms with Crippen molar-refractivity contribution in [3.05, 3.63) is 0 Å². The number of likely N-dealkylation sites (N-methyl/N-ethyl adjacent to an activating group) is 1. The van der Waals surface area contributed by atoms with Crippen LogP contribution >= 0.6 is 0 Å². The second-order valence-electron chi connectivity index (χ2n) is 3.99. The molecule has 1 heterocycles. The molecule has 0 aromatic heterocycles. The number of amides is 1. The fraction of sp³-hybridized carbons (Fsp3) is 0.900. The highest BCUT2D eigenvalue weighted by Gasteiger charge is 2.44. The molecule has 0 bridgehead atoms. The lowest BCUT2D eigenvalue weighted by molar-refractivity contribution is -0.119. The first-order valence-corrected chi connectivity index (χ1v) is 5.12. The van der Waals surface area contributed by atoms with Crippen LogP contribution in [0.15, 0.2) is 0 Å². The monoisotopic (exact) mass is 184 g/mol. The van der Waals surface area contributed by atoms with E-state index in [1.54, 1.807) is 0 Å². The Morgan fingerprint density at radius 3 is 2.46 bits per heavy atom. The van der Waals surface area contributed by atoms with E-state index in [1.165, 1.54) is 0 Å². The van der Waals surface area contributed by atoms with Gasteiger partial charge in [-0.25, -0.2) is 0 Å². The lowest BCUT2D eigenvalue weighted by Crippen LogP contribution is -2.55. The van der Waals surface area contributed by atoms with Crippen LogP contribution in [0.25, 0.3) is 0 Å². The lowest BCUT2D eigenvalue weighted by Gasteiger charge is -2.40. The summed E-state index contributed by atoms with van der Waals surface area (Å²) in [5.74, 6) is 0.626. The molecule has 0 radical (unpaired) electrons. The van der Waals surface area contributed by atoms with Crippen LogP contribution in [0, 0.1) is 5.92 Å². The van der Waals surface area contributed by atoms with Gasteiger partial charge in [0.05, 0.1) is 12.2 Å². The summed E-state index contributed by atoms with van der Waals surface area (Å²) >= 11 is 0. The number of nitrogens with zero attached hydrogens (tertiary/aromatic N) is 1. The van der Waals surface area contributed by atoms with Gasteiger partial charge in [-0.1, -0.05) is 27.7 Å². The number of nitrogens with one attached hydrogen (secondary N) is 1. The van der Waals surface area contributed by atoms with Crippen molar-refractivity contribution in [2.75, 3.05) is 13.1 Å². The van der Waals surface area contributed by atoms with Crippen molar-refractivity contribution in [1.29, 1.82) is 0 Å². The molecule has 0 aromatic carbocycles. The van der Waals surface area contributed by atoms with Crippen molar-refractivity contribution >= 4 is 5.91 Å². The number of rotatable bonds is 3. The van der Waals surface area contributed by atoms with Crippen LogP contribution in [0.5, 0.6) is 0 Å². The third-order valence-electron chi connectivity index (χ3n) is 3.13. The standard InChI is InChI=1S/C10H20N2O/c1-5-10(8(3)4)11-9(13)7-12(10)6-2/h8H,5-7H2,1-4H3,(H,11,13). The van der Waals surface area contributed by atoms with Gasteiger partial charge in [-0.15, -0.1) is 0 Å². The summed E-state index contributed by atoms with van der Waals surface area (Å²) in [6.45, 7) is 10.1. The fourth-order valence-electron chi connectivity index (χ4n) is 2.30. The zero-order valence-electron chi connectivity index (χ0n) is 9.05. The molecule has 1 rings (SSSR count). The zero-order valence-corrected chi connectivity index (χ0v) is 9.05. The van der Waals surface area contributed by atoms with E-state index in [0.717, 1.165) is 13.0 Å². The van der Waals surface area contributed by atoms with Crippen molar-refractivity contribution in [1.82, 2.24) is 10.2 Å². The topological polar surface area (TPSA) is 32.3 Å². The third kappa shape index (κ3) is 1.57. The summed E-state index contributed by atoms with van der Waals surface area (Å²) in [5, 5.41) is 3.10. The minimum Gasteiger partial charge on any atom is -0.336 e. The van der Waals surface area contributed by atoms with Crippen molar-refractivity contribution in [2.24, 2.45) is 5.92 Å². The molecule has 1 aliphatic rings. The predicted molar refractivity (Wildman–Crippen MR) is 53.2 cm³/mol. The summed E-state index contributed by atoms with van der Waals surface area (Å²) in [6, 6.07) is 0. The molecule has 13 heavy (non-hydrogen) atoms. The normalized spacial score (nSPS) is 29.8. The Morgan fingerprint density at radius 1 is 1.54 bits per heavy atom. The zero-order chi connectivity index (χ0) is 10.1. The van der Waals surface area contributed by atoms with Gasteiger partial charge in [0.1, 0.15) is 0 Å². The van der Waals surface area contributed by atoms with Crippen LogP contribution in [0.3, 0.4) is 0 Å². The smallest absolute Gasteiger partial charge is 0.235 e. The Kier molecular flexibility index (Phi) is 2.96. The van der Waals surface area contributed by atoms with Crippen LogP contribution in [0.2, 0.25) is 0 Å². The van der Waals surface area contributed by atoms with Gasteiger partial charge >= 0.3 is 0 Å². The summed E-state index contributed by atoms with van der Waals surface area (Å²) in [4.78, 5) is 13.6. The van der Waals surface area contributed by atoms with E-state index >= 15 is 0 Å². The summed E-state index contributed by atoms with van der Waals surface area (Å²) in [5.41, 5.74) is -0.0914. The predicted octanol–water partition coefficient (Wildman–Crippen LogP) is 1.20. The van der Waals surface area contributed by atoms with E-state index in [0.29, 0.717) is 12.5 Å². The second-order valence-corrected chi connectivity index (χ2v) is 3.99. The molecule has 0 spiro atoms. The number of carbonyl (C=O) groups is 1. The summed E-state index contributed by atoms with van der Waals surface area (Å²) in [6.07, 6.45) is 0.976. The maximum Gasteiger partial charge on any atom is 0.235 e. The molecule has 3 nitrogen and oxygen atoms in total. The van der Waals surface area contributed by atoms with Gasteiger partial charge in [0.25, 0.3) is 0 Å². The molecular weight excluding hydrogens is 164 g/mol. The maximum absolute atomic E-state index is 11.3. The third-order valence-corrected chi connectivity index (χ3v) is 3.13. The number of hydrogen-bond donors (Lipinski definition) is 1. The molecule has 0 aliphatic carbocycles. The van der Waals surface area contributed by atoms with Crippen LogP contribution < -0.4 is 5.32 Å². The average Bonchev–Trinajstić information content (AvgIpc) is 2.42. The van der Waals surface area contributed by atoms with Crippen LogP contribution in [-0.2, 0) is 4.79 Å². The number of carbonyl (C=O) groups excluding carboxylic acids is 1. The lowest BCUT2D eigenvalue weighted by atomic mass is 9.92. The van der Waals surface area contributed by atoms with Crippen molar-refractivity contribution in [3.8, 4) is 0 Å². The first kappa shape index (κ1) is 10.5. The molecular formula is C10H20N2O. The summed E-state index contributed by atoms with van der Waals surface area (Å²) < 4.78 is 0. The van der Waals surface area contributed by atoms with Gasteiger partial charge in [-0.2, -0.15) is 0 Å². The molecule has 1 saturated heterocycles. The van der Waals surface area contributed by atoms with Gasteiger partial charge in [0.2, 0.25) is 5.91 Å². The SMILES string of the molecule is CCN1CC(=O)NC1(CC)C(C)C. The Morgan fingerprint density at radius 2 is 2.15 bits per heavy atom. The molecule has 1 N–H and O–H groups in total. The maximum atomic E-state index is 11.3. The van der Waals surface area contributed by atoms with Crippen LogP contribution in [0.4, 0.5) is 0 Å². The minimum atomic E-state index is -0.0914. The molecule has 1 atom stereocenters. The second kappa shape index (κ2) is 3.66. The molecule has 1 amide bonds. The minimum absolute atomic E-state index is 0.0914. The van der Waals surface area contributed by atoms with Crippen molar-refractivity contribution in [3.63, 3.8) is 0 Å². The first-order chi connectivity index (χ1) is 6.06. The van der Waals surface area contributed by atoms with Crippen LogP contribution in [-0.4, -0.2) is 29.6 Å². The van der Waals surface area contributed by atoms with E-state index in [2.05, 4.69) is 37.9 Å². The summed E-state index contributed by atoms with van der Waals surface area (Å²) in [7, 11) is 0. The Balaban J connectivity index is 2.89. The quantitative estimate of drug-likeness (QED) is 0.715. The van der Waals surface area contributed by atoms with Gasteiger partial charge in [0.15, 0.2) is 0 Å². The highest BCUT2D eigenvalue weighted by Crippen LogP contribution is 2.29. The van der Waals surface area contributed by atoms with Gasteiger partial charge in [-0.05, 0) is 18.9 Å². The highest BCUT2D eigenvalue weighted by molar-refractivity contribution is 5.81. The van der Waals surface area contributed by atoms with E-state index in [-0.39, 0.29) is 11.6 Å².